The van der Waals surface area contributed by atoms with Crippen LogP contribution in [0, 0.1) is 6.92 Å². The fourth-order valence-corrected chi connectivity index (χ4v) is 6.23. The van der Waals surface area contributed by atoms with Crippen molar-refractivity contribution in [2.45, 2.75) is 6.92 Å². The Balaban J connectivity index is 1.25. The Morgan fingerprint density at radius 2 is 1.00 bits per heavy atom. The first-order chi connectivity index (χ1) is 20.2. The Morgan fingerprint density at radius 3 is 1.54 bits per heavy atom. The molecule has 0 spiro atoms. The molecule has 0 fully saturated rings. The van der Waals surface area contributed by atoms with Crippen molar-refractivity contribution in [3.05, 3.63) is 145 Å². The summed E-state index contributed by atoms with van der Waals surface area (Å²) < 4.78 is 13.0. The minimum Gasteiger partial charge on any atom is -0.458 e. The van der Waals surface area contributed by atoms with Crippen LogP contribution >= 0.6 is 0 Å². The van der Waals surface area contributed by atoms with E-state index in [-0.39, 0.29) is 6.71 Å². The number of nitrogens with zero attached hydrogens (tertiary/aromatic N) is 1. The summed E-state index contributed by atoms with van der Waals surface area (Å²) in [6.07, 6.45) is 0. The van der Waals surface area contributed by atoms with Crippen LogP contribution in [0.15, 0.2) is 140 Å². The summed E-state index contributed by atoms with van der Waals surface area (Å²) in [7, 11) is 0. The van der Waals surface area contributed by atoms with Crippen LogP contribution in [-0.2, 0) is 0 Å². The Hall–Kier alpha value is -5.22. The SMILES string of the molecule is Cc1cc(-c2cc3c4c(c2)Oc2ccccc2B4c2ccccc2O3)ccc1N(c1ccccc1)c1ccccc1. The van der Waals surface area contributed by atoms with Crippen molar-refractivity contribution in [3.63, 3.8) is 0 Å². The summed E-state index contributed by atoms with van der Waals surface area (Å²) in [5, 5.41) is 0. The zero-order valence-corrected chi connectivity index (χ0v) is 22.6. The molecule has 3 nitrogen and oxygen atoms in total. The molecule has 194 valence electrons. The van der Waals surface area contributed by atoms with Gasteiger partial charge in [-0.05, 0) is 95.2 Å². The molecule has 2 aliphatic heterocycles. The molecule has 4 heteroatoms. The number of hydrogen-bond acceptors (Lipinski definition) is 3. The molecule has 0 saturated heterocycles. The highest BCUT2D eigenvalue weighted by molar-refractivity contribution is 6.98. The summed E-state index contributed by atoms with van der Waals surface area (Å²) >= 11 is 0. The molecule has 0 radical (unpaired) electrons. The topological polar surface area (TPSA) is 21.7 Å². The number of benzene rings is 6. The second-order valence-corrected chi connectivity index (χ2v) is 10.6. The van der Waals surface area contributed by atoms with E-state index >= 15 is 0 Å². The number of rotatable bonds is 4. The van der Waals surface area contributed by atoms with Gasteiger partial charge in [0.1, 0.15) is 23.0 Å². The van der Waals surface area contributed by atoms with Crippen molar-refractivity contribution in [3.8, 4) is 34.1 Å². The summed E-state index contributed by atoms with van der Waals surface area (Å²) in [5.41, 5.74) is 10.2. The van der Waals surface area contributed by atoms with Gasteiger partial charge >= 0.3 is 0 Å². The zero-order chi connectivity index (χ0) is 27.3. The number of para-hydroxylation sites is 4. The van der Waals surface area contributed by atoms with Gasteiger partial charge in [-0.1, -0.05) is 78.9 Å². The summed E-state index contributed by atoms with van der Waals surface area (Å²) in [5.74, 6) is 3.51. The van der Waals surface area contributed by atoms with E-state index in [1.165, 1.54) is 16.5 Å². The lowest BCUT2D eigenvalue weighted by Crippen LogP contribution is -2.57. The maximum Gasteiger partial charge on any atom is 0.260 e. The van der Waals surface area contributed by atoms with Crippen LogP contribution in [0.3, 0.4) is 0 Å². The molecule has 2 heterocycles. The van der Waals surface area contributed by atoms with Crippen LogP contribution in [0.2, 0.25) is 0 Å². The molecule has 0 aliphatic carbocycles. The lowest BCUT2D eigenvalue weighted by atomic mass is 9.35. The van der Waals surface area contributed by atoms with E-state index in [0.717, 1.165) is 56.6 Å². The van der Waals surface area contributed by atoms with Gasteiger partial charge in [0.05, 0.1) is 0 Å². The Bertz CT molecular complexity index is 1810. The van der Waals surface area contributed by atoms with Crippen molar-refractivity contribution in [1.29, 1.82) is 0 Å². The molecule has 2 aliphatic rings. The van der Waals surface area contributed by atoms with Crippen molar-refractivity contribution in [1.82, 2.24) is 0 Å². The van der Waals surface area contributed by atoms with Gasteiger partial charge in [0.25, 0.3) is 6.71 Å². The van der Waals surface area contributed by atoms with Gasteiger partial charge in [-0.2, -0.15) is 0 Å². The van der Waals surface area contributed by atoms with Gasteiger partial charge < -0.3 is 14.4 Å². The third-order valence-electron chi connectivity index (χ3n) is 8.09. The lowest BCUT2D eigenvalue weighted by Gasteiger charge is -2.33. The number of hydrogen-bond donors (Lipinski definition) is 0. The Kier molecular flexibility index (Phi) is 5.46. The fourth-order valence-electron chi connectivity index (χ4n) is 6.23. The average Bonchev–Trinajstić information content (AvgIpc) is 3.02. The van der Waals surface area contributed by atoms with Crippen LogP contribution in [0.5, 0.6) is 23.0 Å². The second kappa shape index (κ2) is 9.46. The van der Waals surface area contributed by atoms with Crippen molar-refractivity contribution < 1.29 is 9.47 Å². The van der Waals surface area contributed by atoms with E-state index in [1.54, 1.807) is 0 Å². The number of fused-ring (bicyclic) bond motifs is 4. The number of aryl methyl sites for hydroxylation is 1. The summed E-state index contributed by atoms with van der Waals surface area (Å²) in [4.78, 5) is 2.31. The van der Waals surface area contributed by atoms with E-state index in [1.807, 2.05) is 12.1 Å². The van der Waals surface area contributed by atoms with Crippen molar-refractivity contribution in [2.24, 2.45) is 0 Å². The molecule has 0 bridgehead atoms. The van der Waals surface area contributed by atoms with Crippen LogP contribution in [-0.4, -0.2) is 6.71 Å². The van der Waals surface area contributed by atoms with Crippen molar-refractivity contribution >= 4 is 40.2 Å². The molecule has 8 rings (SSSR count). The first-order valence-electron chi connectivity index (χ1n) is 14.0. The van der Waals surface area contributed by atoms with Gasteiger partial charge in [-0.25, -0.2) is 0 Å². The minimum absolute atomic E-state index is 0.0818. The van der Waals surface area contributed by atoms with E-state index in [4.69, 9.17) is 9.47 Å². The highest BCUT2D eigenvalue weighted by atomic mass is 16.5. The maximum absolute atomic E-state index is 6.52. The zero-order valence-electron chi connectivity index (χ0n) is 22.6. The van der Waals surface area contributed by atoms with E-state index in [0.29, 0.717) is 0 Å². The van der Waals surface area contributed by atoms with Gasteiger partial charge in [0.2, 0.25) is 0 Å². The van der Waals surface area contributed by atoms with Crippen LogP contribution in [0.25, 0.3) is 11.1 Å². The van der Waals surface area contributed by atoms with Crippen LogP contribution in [0.1, 0.15) is 5.56 Å². The second-order valence-electron chi connectivity index (χ2n) is 10.6. The third kappa shape index (κ3) is 3.91. The van der Waals surface area contributed by atoms with Gasteiger partial charge in [0, 0.05) is 22.5 Å². The molecule has 6 aromatic rings. The van der Waals surface area contributed by atoms with Crippen LogP contribution in [0.4, 0.5) is 17.1 Å². The molecule has 6 aromatic carbocycles. The molecule has 0 atom stereocenters. The largest absolute Gasteiger partial charge is 0.458 e. The molecule has 0 amide bonds. The predicted octanol–water partition coefficient (Wildman–Crippen LogP) is 7.86. The van der Waals surface area contributed by atoms with Gasteiger partial charge in [0.15, 0.2) is 0 Å². The smallest absolute Gasteiger partial charge is 0.260 e. The number of ether oxygens (including phenoxy) is 2. The Morgan fingerprint density at radius 1 is 0.488 bits per heavy atom. The monoisotopic (exact) mass is 527 g/mol. The predicted molar refractivity (Wildman–Crippen MR) is 169 cm³/mol. The van der Waals surface area contributed by atoms with E-state index in [9.17, 15) is 0 Å². The van der Waals surface area contributed by atoms with Gasteiger partial charge in [-0.15, -0.1) is 0 Å². The molecule has 0 unspecified atom stereocenters. The standard InChI is InChI=1S/C37H26BNO2/c1-25-22-26(20-21-32(25)39(28-12-4-2-5-13-28)29-14-6-3-7-15-29)27-23-35-37-36(24-27)41-34-19-11-9-17-31(34)38(37)30-16-8-10-18-33(30)40-35/h2-24H,1H3. The normalized spacial score (nSPS) is 12.4. The van der Waals surface area contributed by atoms with Crippen molar-refractivity contribution in [2.75, 3.05) is 4.90 Å². The molecule has 41 heavy (non-hydrogen) atoms. The highest BCUT2D eigenvalue weighted by Crippen LogP contribution is 2.41. The number of anilines is 3. The minimum atomic E-state index is 0.0818. The Labute approximate surface area is 240 Å². The molecular formula is C37H26BNO2. The summed E-state index contributed by atoms with van der Waals surface area (Å²) in [6, 6.07) is 48.7. The third-order valence-corrected chi connectivity index (χ3v) is 8.09. The maximum atomic E-state index is 6.52. The summed E-state index contributed by atoms with van der Waals surface area (Å²) in [6.45, 7) is 2.26. The van der Waals surface area contributed by atoms with E-state index in [2.05, 4.69) is 139 Å². The lowest BCUT2D eigenvalue weighted by molar-refractivity contribution is 0.465. The van der Waals surface area contributed by atoms with Crippen LogP contribution < -0.4 is 30.8 Å². The highest BCUT2D eigenvalue weighted by Gasteiger charge is 2.40. The first-order valence-corrected chi connectivity index (χ1v) is 14.0. The quantitative estimate of drug-likeness (QED) is 0.218. The molecular weight excluding hydrogens is 501 g/mol. The fraction of sp³-hybridized carbons (Fsp3) is 0.0270. The van der Waals surface area contributed by atoms with E-state index < -0.39 is 0 Å². The molecule has 0 N–H and O–H groups in total. The first kappa shape index (κ1) is 23.7. The van der Waals surface area contributed by atoms with Gasteiger partial charge in [-0.3, -0.25) is 0 Å². The molecule has 0 saturated carbocycles. The average molecular weight is 527 g/mol. The molecule has 0 aromatic heterocycles.